The first-order chi connectivity index (χ1) is 8.93. The molecule has 1 heteroatoms. The average Bonchev–Trinajstić information content (AvgIpc) is 2.31. The van der Waals surface area contributed by atoms with Gasteiger partial charge in [-0.1, -0.05) is 66.7 Å². The standard InChI is InChI=1S/C18H39N/c1-15(2)14-18(6)19-13-11-9-7-8-10-12-17(5)16(3)4/h15-19H,7-14H2,1-6H3. The number of unbranched alkanes of at least 4 members (excludes halogenated alkanes) is 4. The van der Waals surface area contributed by atoms with Gasteiger partial charge in [-0.2, -0.15) is 0 Å². The molecule has 0 bridgehead atoms. The van der Waals surface area contributed by atoms with E-state index in [1.165, 1.54) is 51.5 Å². The lowest BCUT2D eigenvalue weighted by Crippen LogP contribution is -2.28. The van der Waals surface area contributed by atoms with Gasteiger partial charge in [-0.25, -0.2) is 0 Å². The van der Waals surface area contributed by atoms with Gasteiger partial charge in [0, 0.05) is 6.04 Å². The minimum Gasteiger partial charge on any atom is -0.314 e. The number of hydrogen-bond donors (Lipinski definition) is 1. The Balaban J connectivity index is 3.23. The molecule has 1 nitrogen and oxygen atoms in total. The Labute approximate surface area is 122 Å². The van der Waals surface area contributed by atoms with Gasteiger partial charge < -0.3 is 5.32 Å². The quantitative estimate of drug-likeness (QED) is 0.452. The highest BCUT2D eigenvalue weighted by Gasteiger charge is 2.06. The fraction of sp³-hybridized carbons (Fsp3) is 1.00. The van der Waals surface area contributed by atoms with Crippen LogP contribution >= 0.6 is 0 Å². The van der Waals surface area contributed by atoms with Crippen molar-refractivity contribution < 1.29 is 0 Å². The van der Waals surface area contributed by atoms with Gasteiger partial charge in [0.25, 0.3) is 0 Å². The predicted molar refractivity (Wildman–Crippen MR) is 88.6 cm³/mol. The van der Waals surface area contributed by atoms with Gasteiger partial charge in [-0.3, -0.25) is 0 Å². The van der Waals surface area contributed by atoms with Crippen LogP contribution in [0.4, 0.5) is 0 Å². The molecule has 0 aliphatic heterocycles. The smallest absolute Gasteiger partial charge is 0.00411 e. The summed E-state index contributed by atoms with van der Waals surface area (Å²) in [7, 11) is 0. The van der Waals surface area contributed by atoms with Crippen LogP contribution in [0.1, 0.15) is 86.5 Å². The van der Waals surface area contributed by atoms with Gasteiger partial charge in [0.05, 0.1) is 0 Å². The monoisotopic (exact) mass is 269 g/mol. The summed E-state index contributed by atoms with van der Waals surface area (Å²) < 4.78 is 0. The predicted octanol–water partition coefficient (Wildman–Crippen LogP) is 5.64. The largest absolute Gasteiger partial charge is 0.314 e. The van der Waals surface area contributed by atoms with E-state index < -0.39 is 0 Å². The van der Waals surface area contributed by atoms with Crippen molar-refractivity contribution in [3.8, 4) is 0 Å². The van der Waals surface area contributed by atoms with E-state index in [0.717, 1.165) is 17.8 Å². The van der Waals surface area contributed by atoms with Gasteiger partial charge >= 0.3 is 0 Å². The van der Waals surface area contributed by atoms with Gasteiger partial charge in [-0.05, 0) is 44.1 Å². The van der Waals surface area contributed by atoms with Crippen LogP contribution in [0.2, 0.25) is 0 Å². The van der Waals surface area contributed by atoms with Crippen LogP contribution < -0.4 is 5.32 Å². The zero-order valence-electron chi connectivity index (χ0n) is 14.5. The summed E-state index contributed by atoms with van der Waals surface area (Å²) in [5, 5.41) is 3.64. The highest BCUT2D eigenvalue weighted by Crippen LogP contribution is 2.18. The summed E-state index contributed by atoms with van der Waals surface area (Å²) in [6, 6.07) is 0.687. The molecule has 0 spiro atoms. The fourth-order valence-electron chi connectivity index (χ4n) is 2.59. The van der Waals surface area contributed by atoms with Crippen molar-refractivity contribution in [3.63, 3.8) is 0 Å². The first-order valence-corrected chi connectivity index (χ1v) is 8.66. The molecule has 0 aliphatic rings. The minimum absolute atomic E-state index is 0.687. The Morgan fingerprint density at radius 3 is 1.89 bits per heavy atom. The van der Waals surface area contributed by atoms with Gasteiger partial charge in [0.2, 0.25) is 0 Å². The molecule has 2 atom stereocenters. The van der Waals surface area contributed by atoms with Gasteiger partial charge in [-0.15, -0.1) is 0 Å². The van der Waals surface area contributed by atoms with Crippen LogP contribution in [-0.4, -0.2) is 12.6 Å². The molecular formula is C18H39N. The third-order valence-corrected chi connectivity index (χ3v) is 4.29. The molecule has 116 valence electrons. The molecule has 19 heavy (non-hydrogen) atoms. The van der Waals surface area contributed by atoms with E-state index in [2.05, 4.69) is 46.9 Å². The van der Waals surface area contributed by atoms with Crippen LogP contribution in [0.5, 0.6) is 0 Å². The Bertz CT molecular complexity index is 186. The number of rotatable bonds is 12. The maximum absolute atomic E-state index is 3.64. The van der Waals surface area contributed by atoms with Crippen molar-refractivity contribution in [2.75, 3.05) is 6.54 Å². The molecule has 1 N–H and O–H groups in total. The second kappa shape index (κ2) is 11.8. The maximum atomic E-state index is 3.64. The maximum Gasteiger partial charge on any atom is 0.00411 e. The Kier molecular flexibility index (Phi) is 11.7. The molecule has 0 aromatic carbocycles. The Morgan fingerprint density at radius 2 is 1.32 bits per heavy atom. The lowest BCUT2D eigenvalue weighted by Gasteiger charge is -2.16. The van der Waals surface area contributed by atoms with E-state index in [1.807, 2.05) is 0 Å². The van der Waals surface area contributed by atoms with Crippen molar-refractivity contribution in [3.05, 3.63) is 0 Å². The third kappa shape index (κ3) is 12.7. The summed E-state index contributed by atoms with van der Waals surface area (Å²) in [6.07, 6.45) is 9.74. The summed E-state index contributed by atoms with van der Waals surface area (Å²) >= 11 is 0. The summed E-state index contributed by atoms with van der Waals surface area (Å²) in [5.74, 6) is 2.57. The summed E-state index contributed by atoms with van der Waals surface area (Å²) in [4.78, 5) is 0. The Morgan fingerprint density at radius 1 is 0.737 bits per heavy atom. The number of hydrogen-bond acceptors (Lipinski definition) is 1. The molecule has 2 unspecified atom stereocenters. The summed E-state index contributed by atoms with van der Waals surface area (Å²) in [5.41, 5.74) is 0. The van der Waals surface area contributed by atoms with Gasteiger partial charge in [0.15, 0.2) is 0 Å². The zero-order valence-corrected chi connectivity index (χ0v) is 14.5. The van der Waals surface area contributed by atoms with E-state index >= 15 is 0 Å². The molecule has 0 saturated heterocycles. The second-order valence-corrected chi connectivity index (χ2v) is 7.26. The van der Waals surface area contributed by atoms with Crippen molar-refractivity contribution in [1.82, 2.24) is 5.32 Å². The molecule has 0 aromatic heterocycles. The van der Waals surface area contributed by atoms with Crippen molar-refractivity contribution in [2.24, 2.45) is 17.8 Å². The van der Waals surface area contributed by atoms with Crippen molar-refractivity contribution >= 4 is 0 Å². The lowest BCUT2D eigenvalue weighted by atomic mass is 9.92. The highest BCUT2D eigenvalue weighted by atomic mass is 14.9. The molecule has 0 aliphatic carbocycles. The van der Waals surface area contributed by atoms with Gasteiger partial charge in [0.1, 0.15) is 0 Å². The van der Waals surface area contributed by atoms with Crippen LogP contribution in [0.3, 0.4) is 0 Å². The fourth-order valence-corrected chi connectivity index (χ4v) is 2.59. The molecule has 0 radical (unpaired) electrons. The van der Waals surface area contributed by atoms with E-state index in [9.17, 15) is 0 Å². The molecule has 0 aromatic rings. The SMILES string of the molecule is CC(C)CC(C)NCCCCCCCC(C)C(C)C. The number of nitrogens with one attached hydrogen (secondary N) is 1. The Hall–Kier alpha value is -0.0400. The highest BCUT2D eigenvalue weighted by molar-refractivity contribution is 4.63. The molecule has 0 heterocycles. The molecular weight excluding hydrogens is 230 g/mol. The normalized spacial score (nSPS) is 15.2. The third-order valence-electron chi connectivity index (χ3n) is 4.29. The topological polar surface area (TPSA) is 12.0 Å². The van der Waals surface area contributed by atoms with Crippen LogP contribution in [0.15, 0.2) is 0 Å². The zero-order chi connectivity index (χ0) is 14.7. The van der Waals surface area contributed by atoms with Crippen molar-refractivity contribution in [2.45, 2.75) is 92.5 Å². The molecule has 0 rings (SSSR count). The van der Waals surface area contributed by atoms with E-state index in [1.54, 1.807) is 0 Å². The van der Waals surface area contributed by atoms with Crippen molar-refractivity contribution in [1.29, 1.82) is 0 Å². The van der Waals surface area contributed by atoms with Crippen LogP contribution in [0, 0.1) is 17.8 Å². The molecule has 0 amide bonds. The molecule has 0 fully saturated rings. The van der Waals surface area contributed by atoms with Crippen LogP contribution in [0.25, 0.3) is 0 Å². The minimum atomic E-state index is 0.687. The second-order valence-electron chi connectivity index (χ2n) is 7.26. The van der Waals surface area contributed by atoms with E-state index in [0.29, 0.717) is 6.04 Å². The summed E-state index contributed by atoms with van der Waals surface area (Å²) in [6.45, 7) is 15.2. The first kappa shape index (κ1) is 19.0. The van der Waals surface area contributed by atoms with E-state index in [-0.39, 0.29) is 0 Å². The van der Waals surface area contributed by atoms with Crippen LogP contribution in [-0.2, 0) is 0 Å². The molecule has 0 saturated carbocycles. The average molecular weight is 270 g/mol. The first-order valence-electron chi connectivity index (χ1n) is 8.66. The lowest BCUT2D eigenvalue weighted by molar-refractivity contribution is 0.374. The van der Waals surface area contributed by atoms with E-state index in [4.69, 9.17) is 0 Å².